The highest BCUT2D eigenvalue weighted by molar-refractivity contribution is 7.98. The number of likely N-dealkylation sites (tertiary alicyclic amines) is 1. The number of aromatic nitrogens is 2. The zero-order valence-electron chi connectivity index (χ0n) is 28.4. The molecule has 0 saturated carbocycles. The van der Waals surface area contributed by atoms with Crippen LogP contribution >= 0.6 is 11.8 Å². The third-order valence-corrected chi connectivity index (χ3v) is 14.8. The number of carbonyl (C=O) groups excluding carboxylic acids is 1. The molecule has 1 aromatic heterocycles. The molecule has 45 heavy (non-hydrogen) atoms. The van der Waals surface area contributed by atoms with Gasteiger partial charge in [0.15, 0.2) is 5.16 Å². The monoisotopic (exact) mass is 644 g/mol. The van der Waals surface area contributed by atoms with Gasteiger partial charge >= 0.3 is 6.09 Å². The Morgan fingerprint density at radius 3 is 2.40 bits per heavy atom. The number of amides is 1. The van der Waals surface area contributed by atoms with Crippen molar-refractivity contribution >= 4 is 36.9 Å². The van der Waals surface area contributed by atoms with Gasteiger partial charge in [0.2, 0.25) is 8.32 Å². The summed E-state index contributed by atoms with van der Waals surface area (Å²) in [5, 5.41) is 13.9. The summed E-state index contributed by atoms with van der Waals surface area (Å²) in [5.74, 6) is 1.23. The fourth-order valence-corrected chi connectivity index (χ4v) is 7.70. The molecule has 1 fully saturated rings. The summed E-state index contributed by atoms with van der Waals surface area (Å²) in [6.45, 7) is 18.0. The molecule has 2 aromatic carbocycles. The van der Waals surface area contributed by atoms with Crippen LogP contribution in [-0.2, 0) is 23.0 Å². The molecule has 5 rings (SSSR count). The lowest BCUT2D eigenvalue weighted by Gasteiger charge is -2.39. The van der Waals surface area contributed by atoms with Crippen molar-refractivity contribution in [3.63, 3.8) is 0 Å². The molecule has 2 aliphatic rings. The Kier molecular flexibility index (Phi) is 9.06. The van der Waals surface area contributed by atoms with E-state index in [1.807, 2.05) is 27.0 Å². The Labute approximate surface area is 274 Å². The normalized spacial score (nSPS) is 18.7. The van der Waals surface area contributed by atoms with Crippen LogP contribution in [0.15, 0.2) is 41.6 Å². The van der Waals surface area contributed by atoms with Gasteiger partial charge in [-0.1, -0.05) is 56.8 Å². The number of nitriles is 1. The van der Waals surface area contributed by atoms with Gasteiger partial charge in [0.1, 0.15) is 16.8 Å². The van der Waals surface area contributed by atoms with Gasteiger partial charge in [-0.2, -0.15) is 5.26 Å². The average Bonchev–Trinajstić information content (AvgIpc) is 2.98. The lowest BCUT2D eigenvalue weighted by atomic mass is 9.72. The number of fused-ring (bicyclic) bond motifs is 2. The summed E-state index contributed by atoms with van der Waals surface area (Å²) >= 11 is 1.52. The topological polar surface area (TPSA) is 88.3 Å². The number of hydrogen-bond acceptors (Lipinski definition) is 7. The summed E-state index contributed by atoms with van der Waals surface area (Å²) in [5.41, 5.74) is 3.02. The molecular weight excluding hydrogens is 597 g/mol. The first kappa shape index (κ1) is 33.3. The first-order valence-electron chi connectivity index (χ1n) is 16.1. The molecule has 240 valence electrons. The Morgan fingerprint density at radius 2 is 1.78 bits per heavy atom. The van der Waals surface area contributed by atoms with Crippen molar-refractivity contribution in [2.24, 2.45) is 0 Å². The van der Waals surface area contributed by atoms with E-state index in [0.717, 1.165) is 42.0 Å². The van der Waals surface area contributed by atoms with Gasteiger partial charge in [-0.25, -0.2) is 14.8 Å². The number of piperidine rings is 1. The molecule has 2 heterocycles. The van der Waals surface area contributed by atoms with Crippen LogP contribution in [0, 0.1) is 11.3 Å². The van der Waals surface area contributed by atoms with Gasteiger partial charge in [0, 0.05) is 18.8 Å². The van der Waals surface area contributed by atoms with Gasteiger partial charge in [0.25, 0.3) is 0 Å². The quantitative estimate of drug-likeness (QED) is 0.156. The predicted molar refractivity (Wildman–Crippen MR) is 185 cm³/mol. The molecule has 0 bridgehead atoms. The van der Waals surface area contributed by atoms with Crippen LogP contribution in [0.3, 0.4) is 0 Å². The second-order valence-corrected chi connectivity index (χ2v) is 20.7. The van der Waals surface area contributed by atoms with E-state index in [2.05, 4.69) is 76.3 Å². The van der Waals surface area contributed by atoms with Crippen LogP contribution in [0.5, 0.6) is 5.75 Å². The Balaban J connectivity index is 1.48. The Bertz CT molecular complexity index is 1630. The highest BCUT2D eigenvalue weighted by Crippen LogP contribution is 2.44. The molecule has 1 aliphatic carbocycles. The van der Waals surface area contributed by atoms with Crippen LogP contribution in [0.4, 0.5) is 4.79 Å². The Hall–Kier alpha value is -3.09. The minimum absolute atomic E-state index is 0.101. The lowest BCUT2D eigenvalue weighted by molar-refractivity contribution is 0.0183. The van der Waals surface area contributed by atoms with Crippen molar-refractivity contribution in [1.29, 1.82) is 5.26 Å². The first-order valence-corrected chi connectivity index (χ1v) is 20.2. The van der Waals surface area contributed by atoms with Crippen LogP contribution in [0.25, 0.3) is 10.8 Å². The van der Waals surface area contributed by atoms with E-state index < -0.39 is 19.3 Å². The fraction of sp³-hybridized carbons (Fsp3) is 0.556. The maximum atomic E-state index is 12.8. The zero-order valence-corrected chi connectivity index (χ0v) is 30.2. The summed E-state index contributed by atoms with van der Waals surface area (Å²) in [6, 6.07) is 15.7. The van der Waals surface area contributed by atoms with Crippen LogP contribution in [0.2, 0.25) is 18.1 Å². The largest absolute Gasteiger partial charge is 0.543 e. The number of rotatable bonds is 5. The van der Waals surface area contributed by atoms with Gasteiger partial charge in [-0.15, -0.1) is 0 Å². The maximum Gasteiger partial charge on any atom is 0.410 e. The minimum Gasteiger partial charge on any atom is -0.543 e. The van der Waals surface area contributed by atoms with Crippen molar-refractivity contribution in [1.82, 2.24) is 14.9 Å². The van der Waals surface area contributed by atoms with E-state index in [9.17, 15) is 10.1 Å². The smallest absolute Gasteiger partial charge is 0.410 e. The van der Waals surface area contributed by atoms with Crippen molar-refractivity contribution in [2.45, 2.75) is 114 Å². The molecule has 0 radical (unpaired) electrons. The van der Waals surface area contributed by atoms with Crippen LogP contribution in [0.1, 0.15) is 89.2 Å². The summed E-state index contributed by atoms with van der Waals surface area (Å²) in [6.07, 6.45) is 5.27. The van der Waals surface area contributed by atoms with Crippen LogP contribution < -0.4 is 4.43 Å². The van der Waals surface area contributed by atoms with E-state index in [0.29, 0.717) is 31.1 Å². The highest BCUT2D eigenvalue weighted by atomic mass is 32.2. The molecule has 9 heteroatoms. The van der Waals surface area contributed by atoms with E-state index in [1.54, 1.807) is 4.90 Å². The number of ether oxygens (including phenoxy) is 1. The number of nitrogens with zero attached hydrogens (tertiary/aromatic N) is 4. The highest BCUT2D eigenvalue weighted by Gasteiger charge is 2.43. The molecule has 0 N–H and O–H groups in total. The molecular formula is C36H48N4O3SSi. The van der Waals surface area contributed by atoms with Crippen LogP contribution in [-0.4, -0.2) is 54.2 Å². The molecule has 3 aromatic rings. The van der Waals surface area contributed by atoms with Crippen molar-refractivity contribution < 1.29 is 14.0 Å². The minimum atomic E-state index is -2.03. The van der Waals surface area contributed by atoms with Gasteiger partial charge in [-0.3, -0.25) is 0 Å². The molecule has 7 nitrogen and oxygen atoms in total. The summed E-state index contributed by atoms with van der Waals surface area (Å²) in [7, 11) is -2.03. The maximum absolute atomic E-state index is 12.8. The molecule has 1 aliphatic heterocycles. The Morgan fingerprint density at radius 1 is 1.09 bits per heavy atom. The average molecular weight is 645 g/mol. The second kappa shape index (κ2) is 12.3. The third kappa shape index (κ3) is 6.87. The molecule has 1 atom stereocenters. The molecule has 0 spiro atoms. The van der Waals surface area contributed by atoms with E-state index >= 15 is 0 Å². The first-order chi connectivity index (χ1) is 21.1. The summed E-state index contributed by atoms with van der Waals surface area (Å²) < 4.78 is 12.4. The number of benzene rings is 2. The molecule has 1 saturated heterocycles. The van der Waals surface area contributed by atoms with Gasteiger partial charge < -0.3 is 14.1 Å². The molecule has 1 unspecified atom stereocenters. The van der Waals surface area contributed by atoms with E-state index in [4.69, 9.17) is 19.1 Å². The van der Waals surface area contributed by atoms with Crippen molar-refractivity contribution in [2.75, 3.05) is 19.3 Å². The zero-order chi connectivity index (χ0) is 32.8. The molecule has 1 amide bonds. The number of thioether (sulfide) groups is 1. The van der Waals surface area contributed by atoms with Gasteiger partial charge in [-0.05, 0) is 117 Å². The fourth-order valence-electron chi connectivity index (χ4n) is 6.30. The number of hydrogen-bond donors (Lipinski definition) is 0. The lowest BCUT2D eigenvalue weighted by Crippen LogP contribution is -2.47. The standard InChI is InChI=1S/C36H48N4O3SSi/c1-34(2,3)42-33(41)40-18-16-36(23-37,17-19-40)31-28-15-14-25(21-30(28)38-32(39-31)44-7)29-22-26(43-45(8,9)35(4,5)6)20-24-12-10-11-13-27(24)29/h10-13,20,22,25H,14-19,21H2,1-9H3. The number of carbonyl (C=O) groups is 1. The third-order valence-electron chi connectivity index (χ3n) is 9.86. The van der Waals surface area contributed by atoms with Gasteiger partial charge in [0.05, 0.1) is 11.8 Å². The van der Waals surface area contributed by atoms with Crippen molar-refractivity contribution in [3.05, 3.63) is 58.9 Å². The summed E-state index contributed by atoms with van der Waals surface area (Å²) in [4.78, 5) is 24.6. The second-order valence-electron chi connectivity index (χ2n) is 15.2. The SMILES string of the molecule is CSc1nc2c(c(C3(C#N)CCN(C(=O)OC(C)(C)C)CC3)n1)CCC(c1cc(O[Si](C)(C)C(C)(C)C)cc3ccccc13)C2. The van der Waals surface area contributed by atoms with E-state index in [-0.39, 0.29) is 17.0 Å². The van der Waals surface area contributed by atoms with Crippen molar-refractivity contribution in [3.8, 4) is 11.8 Å². The predicted octanol–water partition coefficient (Wildman–Crippen LogP) is 8.80. The van der Waals surface area contributed by atoms with E-state index in [1.165, 1.54) is 28.1 Å².